The maximum Gasteiger partial charge on any atom is 0.408 e. The van der Waals surface area contributed by atoms with E-state index in [1.165, 1.54) is 0 Å². The lowest BCUT2D eigenvalue weighted by atomic mass is 9.96. The Morgan fingerprint density at radius 3 is 2.38 bits per heavy atom. The normalized spacial score (nSPS) is 14.2. The van der Waals surface area contributed by atoms with Gasteiger partial charge >= 0.3 is 6.09 Å². The Labute approximate surface area is 281 Å². The van der Waals surface area contributed by atoms with Gasteiger partial charge in [0, 0.05) is 42.3 Å². The minimum atomic E-state index is -3.76. The zero-order valence-electron chi connectivity index (χ0n) is 28.1. The number of nitrogens with one attached hydrogen (secondary N) is 4. The van der Waals surface area contributed by atoms with Crippen molar-refractivity contribution in [1.82, 2.24) is 20.5 Å². The molecule has 0 bridgehead atoms. The van der Waals surface area contributed by atoms with Gasteiger partial charge in [-0.1, -0.05) is 42.0 Å². The highest BCUT2D eigenvalue weighted by Gasteiger charge is 2.36. The molecule has 254 valence electrons. The van der Waals surface area contributed by atoms with Gasteiger partial charge in [-0.25, -0.2) is 13.2 Å². The smallest absolute Gasteiger partial charge is 0.408 e. The Balaban J connectivity index is 1.34. The van der Waals surface area contributed by atoms with Crippen molar-refractivity contribution in [3.63, 3.8) is 0 Å². The van der Waals surface area contributed by atoms with Crippen LogP contribution in [-0.2, 0) is 43.7 Å². The second kappa shape index (κ2) is 13.3. The minimum absolute atomic E-state index is 0.176. The molecule has 3 amide bonds. The van der Waals surface area contributed by atoms with Crippen molar-refractivity contribution in [3.05, 3.63) is 95.2 Å². The molecular weight excluding hydrogens is 630 g/mol. The number of alkyl carbamates (subject to hydrolysis) is 1. The number of rotatable bonds is 9. The predicted molar refractivity (Wildman–Crippen MR) is 185 cm³/mol. The summed E-state index contributed by atoms with van der Waals surface area (Å²) in [6, 6.07) is 18.8. The summed E-state index contributed by atoms with van der Waals surface area (Å²) in [7, 11) is -3.76. The SMILES string of the molecule is Cc1ccc(S(=O)(=O)Nc2ccc3c(c2)CCN(C(=O)[C@@H](Cc2c[nH]c4ccccc24)NC(=O)C(C)(C)NC(=O)OC(C)(C)C)C3)cc1. The second-order valence-electron chi connectivity index (χ2n) is 13.8. The average Bonchev–Trinajstić information content (AvgIpc) is 3.41. The van der Waals surface area contributed by atoms with Crippen LogP contribution in [0.1, 0.15) is 56.9 Å². The summed E-state index contributed by atoms with van der Waals surface area (Å²) in [6.45, 7) is 10.9. The first-order chi connectivity index (χ1) is 22.5. The molecule has 1 aliphatic heterocycles. The number of hydrogen-bond acceptors (Lipinski definition) is 6. The maximum absolute atomic E-state index is 14.2. The number of carbonyl (C=O) groups excluding carboxylic acids is 3. The van der Waals surface area contributed by atoms with Crippen LogP contribution in [0.15, 0.2) is 77.8 Å². The van der Waals surface area contributed by atoms with Crippen LogP contribution in [0.3, 0.4) is 0 Å². The van der Waals surface area contributed by atoms with E-state index in [2.05, 4.69) is 20.3 Å². The highest BCUT2D eigenvalue weighted by atomic mass is 32.2. The lowest BCUT2D eigenvalue weighted by molar-refractivity contribution is -0.138. The quantitative estimate of drug-likeness (QED) is 0.192. The van der Waals surface area contributed by atoms with Gasteiger partial charge in [0.1, 0.15) is 17.2 Å². The summed E-state index contributed by atoms with van der Waals surface area (Å²) in [5, 5.41) is 6.48. The number of aryl methyl sites for hydroxylation is 1. The largest absolute Gasteiger partial charge is 0.444 e. The number of H-pyrrole nitrogens is 1. The van der Waals surface area contributed by atoms with E-state index >= 15 is 0 Å². The van der Waals surface area contributed by atoms with Gasteiger partial charge in [0.2, 0.25) is 11.8 Å². The molecule has 0 aliphatic carbocycles. The van der Waals surface area contributed by atoms with Crippen LogP contribution in [0.2, 0.25) is 0 Å². The number of aromatic amines is 1. The third-order valence-electron chi connectivity index (χ3n) is 8.20. The lowest BCUT2D eigenvalue weighted by Gasteiger charge is -2.34. The van der Waals surface area contributed by atoms with Crippen LogP contribution < -0.4 is 15.4 Å². The van der Waals surface area contributed by atoms with Gasteiger partial charge in [-0.2, -0.15) is 0 Å². The lowest BCUT2D eigenvalue weighted by Crippen LogP contribution is -2.60. The fraction of sp³-hybridized carbons (Fsp3) is 0.361. The molecule has 0 saturated heterocycles. The molecule has 0 spiro atoms. The zero-order valence-corrected chi connectivity index (χ0v) is 29.0. The molecule has 1 aromatic heterocycles. The predicted octanol–water partition coefficient (Wildman–Crippen LogP) is 5.19. The monoisotopic (exact) mass is 673 g/mol. The van der Waals surface area contributed by atoms with Crippen LogP contribution in [0.5, 0.6) is 0 Å². The van der Waals surface area contributed by atoms with Crippen molar-refractivity contribution in [1.29, 1.82) is 0 Å². The summed E-state index contributed by atoms with van der Waals surface area (Å²) in [5.74, 6) is -0.800. The van der Waals surface area contributed by atoms with E-state index in [0.29, 0.717) is 25.2 Å². The van der Waals surface area contributed by atoms with Crippen LogP contribution in [-0.4, -0.2) is 59.9 Å². The number of ether oxygens (including phenoxy) is 1. The molecule has 0 radical (unpaired) electrons. The zero-order chi connectivity index (χ0) is 34.9. The van der Waals surface area contributed by atoms with E-state index in [9.17, 15) is 22.8 Å². The fourth-order valence-corrected chi connectivity index (χ4v) is 6.68. The summed E-state index contributed by atoms with van der Waals surface area (Å²) in [6.07, 6.45) is 1.82. The van der Waals surface area contributed by atoms with E-state index in [0.717, 1.165) is 33.2 Å². The Morgan fingerprint density at radius 2 is 1.67 bits per heavy atom. The first-order valence-electron chi connectivity index (χ1n) is 15.9. The molecule has 1 aliphatic rings. The van der Waals surface area contributed by atoms with Gasteiger partial charge in [-0.15, -0.1) is 0 Å². The van der Waals surface area contributed by atoms with Crippen LogP contribution >= 0.6 is 0 Å². The van der Waals surface area contributed by atoms with Crippen molar-refractivity contribution < 1.29 is 27.5 Å². The number of benzene rings is 3. The van der Waals surface area contributed by atoms with Crippen molar-refractivity contribution in [2.24, 2.45) is 0 Å². The molecule has 11 nitrogen and oxygen atoms in total. The highest BCUT2D eigenvalue weighted by molar-refractivity contribution is 7.92. The molecule has 48 heavy (non-hydrogen) atoms. The Hall–Kier alpha value is -4.84. The van der Waals surface area contributed by atoms with Gasteiger partial charge in [-0.3, -0.25) is 14.3 Å². The van der Waals surface area contributed by atoms with Gasteiger partial charge < -0.3 is 25.3 Å². The molecular formula is C36H43N5O6S. The van der Waals surface area contributed by atoms with Gasteiger partial charge in [0.15, 0.2) is 0 Å². The van der Waals surface area contributed by atoms with Crippen LogP contribution in [0, 0.1) is 6.92 Å². The molecule has 1 atom stereocenters. The molecule has 5 rings (SSSR count). The first-order valence-corrected chi connectivity index (χ1v) is 17.4. The number of fused-ring (bicyclic) bond motifs is 2. The molecule has 0 unspecified atom stereocenters. The number of sulfonamides is 1. The fourth-order valence-electron chi connectivity index (χ4n) is 5.63. The van der Waals surface area contributed by atoms with Gasteiger partial charge in [0.05, 0.1) is 4.90 Å². The molecule has 12 heteroatoms. The first kappa shape index (κ1) is 34.5. The standard InChI is InChI=1S/C36H43N5O6S/c1-23-11-15-28(16-12-23)48(45,46)40-27-14-13-25-22-41(18-17-24(25)19-27)32(42)31(20-26-21-37-30-10-8-7-9-29(26)30)38-33(43)36(5,6)39-34(44)47-35(2,3)4/h7-16,19,21,31,37,40H,17-18,20,22H2,1-6H3,(H,38,43)(H,39,44)/t31-/m1/s1. The number of para-hydroxylation sites is 1. The van der Waals surface area contributed by atoms with Crippen LogP contribution in [0.4, 0.5) is 10.5 Å². The van der Waals surface area contributed by atoms with E-state index in [1.54, 1.807) is 75.9 Å². The number of hydrogen-bond donors (Lipinski definition) is 4. The third-order valence-corrected chi connectivity index (χ3v) is 9.59. The topological polar surface area (TPSA) is 150 Å². The van der Waals surface area contributed by atoms with Crippen LogP contribution in [0.25, 0.3) is 10.9 Å². The summed E-state index contributed by atoms with van der Waals surface area (Å²) in [4.78, 5) is 45.4. The van der Waals surface area contributed by atoms with Gasteiger partial charge in [-0.05, 0) is 95.0 Å². The van der Waals surface area contributed by atoms with E-state index in [1.807, 2.05) is 43.5 Å². The highest BCUT2D eigenvalue weighted by Crippen LogP contribution is 2.26. The number of amides is 3. The number of aromatic nitrogens is 1. The number of nitrogens with zero attached hydrogens (tertiary/aromatic N) is 1. The average molecular weight is 674 g/mol. The Kier molecular flexibility index (Phi) is 9.59. The number of anilines is 1. The second-order valence-corrected chi connectivity index (χ2v) is 15.4. The van der Waals surface area contributed by atoms with E-state index < -0.39 is 39.2 Å². The molecule has 4 aromatic rings. The third kappa shape index (κ3) is 8.17. The molecule has 0 saturated carbocycles. The van der Waals surface area contributed by atoms with Gasteiger partial charge in [0.25, 0.3) is 10.0 Å². The van der Waals surface area contributed by atoms with Crippen molar-refractivity contribution in [2.75, 3.05) is 11.3 Å². The van der Waals surface area contributed by atoms with Crippen molar-refractivity contribution in [2.45, 2.75) is 83.0 Å². The van der Waals surface area contributed by atoms with Crippen molar-refractivity contribution >= 4 is 44.5 Å². The van der Waals surface area contributed by atoms with E-state index in [4.69, 9.17) is 4.74 Å². The summed E-state index contributed by atoms with van der Waals surface area (Å²) >= 11 is 0. The Bertz CT molecular complexity index is 1940. The number of carbonyl (C=O) groups is 3. The van der Waals surface area contributed by atoms with Crippen molar-refractivity contribution in [3.8, 4) is 0 Å². The molecule has 3 aromatic carbocycles. The summed E-state index contributed by atoms with van der Waals surface area (Å²) < 4.78 is 33.9. The molecule has 2 heterocycles. The Morgan fingerprint density at radius 1 is 0.958 bits per heavy atom. The molecule has 4 N–H and O–H groups in total. The maximum atomic E-state index is 14.2. The minimum Gasteiger partial charge on any atom is -0.444 e. The summed E-state index contributed by atoms with van der Waals surface area (Å²) in [5.41, 5.74) is 2.88. The van der Waals surface area contributed by atoms with E-state index in [-0.39, 0.29) is 17.2 Å². The molecule has 0 fully saturated rings.